The van der Waals surface area contributed by atoms with E-state index in [1.807, 2.05) is 49.5 Å². The minimum absolute atomic E-state index is 0.725. The van der Waals surface area contributed by atoms with Crippen LogP contribution in [-0.4, -0.2) is 14.9 Å². The number of hydrogen-bond acceptors (Lipinski definition) is 3. The van der Waals surface area contributed by atoms with Crippen molar-refractivity contribution in [2.75, 3.05) is 7.05 Å². The van der Waals surface area contributed by atoms with Crippen molar-refractivity contribution in [3.63, 3.8) is 0 Å². The molecule has 90 valence electrons. The van der Waals surface area contributed by atoms with Gasteiger partial charge in [-0.25, -0.2) is 0 Å². The van der Waals surface area contributed by atoms with Crippen LogP contribution < -0.4 is 15.5 Å². The highest BCUT2D eigenvalue weighted by molar-refractivity contribution is 7.80. The molecule has 0 heterocycles. The van der Waals surface area contributed by atoms with E-state index in [1.165, 1.54) is 0 Å². The van der Waals surface area contributed by atoms with Crippen LogP contribution in [0.3, 0.4) is 0 Å². The average Bonchev–Trinajstić information content (AvgIpc) is 2.36. The Morgan fingerprint density at radius 3 is 2.56 bits per heavy atom. The summed E-state index contributed by atoms with van der Waals surface area (Å²) in [5, 5.41) is 3.11. The molecule has 0 fully saturated rings. The first-order chi connectivity index (χ1) is 8.69. The lowest BCUT2D eigenvalue weighted by Gasteiger charge is -2.12. The van der Waals surface area contributed by atoms with E-state index < -0.39 is 0 Å². The third-order valence-electron chi connectivity index (χ3n) is 2.52. The third-order valence-corrected chi connectivity index (χ3v) is 2.80. The fraction of sp³-hybridized carbons (Fsp3) is 0.143. The van der Waals surface area contributed by atoms with Crippen LogP contribution in [0.5, 0.6) is 11.5 Å². The summed E-state index contributed by atoms with van der Waals surface area (Å²) >= 11 is 4.33. The van der Waals surface area contributed by atoms with Gasteiger partial charge in [-0.05, 0) is 37.4 Å². The van der Waals surface area contributed by atoms with Crippen molar-refractivity contribution in [3.05, 3.63) is 48.0 Å². The Balaban J connectivity index is 2.25. The van der Waals surface area contributed by atoms with Gasteiger partial charge in [-0.15, -0.1) is 12.6 Å². The molecule has 0 unspecified atom stereocenters. The summed E-state index contributed by atoms with van der Waals surface area (Å²) in [7, 11) is 7.54. The first-order valence-corrected chi connectivity index (χ1v) is 6.13. The maximum atomic E-state index is 5.84. The van der Waals surface area contributed by atoms with Gasteiger partial charge in [0.05, 0.1) is 0 Å². The highest BCUT2D eigenvalue weighted by atomic mass is 32.1. The summed E-state index contributed by atoms with van der Waals surface area (Å²) in [6.45, 7) is 0.735. The highest BCUT2D eigenvalue weighted by Crippen LogP contribution is 2.26. The van der Waals surface area contributed by atoms with Crippen LogP contribution in [0.25, 0.3) is 0 Å². The van der Waals surface area contributed by atoms with Crippen LogP contribution in [0.4, 0.5) is 0 Å². The molecule has 0 spiro atoms. The van der Waals surface area contributed by atoms with Crippen molar-refractivity contribution in [2.45, 2.75) is 11.4 Å². The molecule has 0 amide bonds. The summed E-state index contributed by atoms with van der Waals surface area (Å²) < 4.78 is 5.84. The molecular weight excluding hydrogens is 241 g/mol. The largest absolute Gasteiger partial charge is 0.457 e. The zero-order valence-corrected chi connectivity index (χ0v) is 11.1. The molecule has 0 bridgehead atoms. The van der Waals surface area contributed by atoms with Crippen molar-refractivity contribution >= 4 is 25.9 Å². The normalized spacial score (nSPS) is 10.3. The molecule has 0 atom stereocenters. The van der Waals surface area contributed by atoms with Gasteiger partial charge in [0, 0.05) is 17.0 Å². The van der Waals surface area contributed by atoms with Gasteiger partial charge in [0.25, 0.3) is 0 Å². The van der Waals surface area contributed by atoms with Crippen molar-refractivity contribution in [1.29, 1.82) is 0 Å². The second-order valence-electron chi connectivity index (χ2n) is 3.99. The van der Waals surface area contributed by atoms with E-state index in [0.29, 0.717) is 0 Å². The van der Waals surface area contributed by atoms with E-state index >= 15 is 0 Å². The number of thiol groups is 1. The molecule has 0 aliphatic heterocycles. The molecule has 2 aromatic carbocycles. The first kappa shape index (κ1) is 13.1. The summed E-state index contributed by atoms with van der Waals surface area (Å²) in [5.41, 5.74) is 1.80. The van der Waals surface area contributed by atoms with Crippen LogP contribution >= 0.6 is 12.6 Å². The topological polar surface area (TPSA) is 21.3 Å². The van der Waals surface area contributed by atoms with Gasteiger partial charge in [0.1, 0.15) is 19.3 Å². The molecule has 0 saturated carbocycles. The van der Waals surface area contributed by atoms with E-state index in [0.717, 1.165) is 34.0 Å². The molecule has 2 radical (unpaired) electrons. The smallest absolute Gasteiger partial charge is 0.131 e. The van der Waals surface area contributed by atoms with E-state index in [4.69, 9.17) is 12.6 Å². The van der Waals surface area contributed by atoms with Gasteiger partial charge in [0.2, 0.25) is 0 Å². The number of rotatable bonds is 4. The van der Waals surface area contributed by atoms with Crippen molar-refractivity contribution < 1.29 is 4.74 Å². The number of hydrogen-bond donors (Lipinski definition) is 2. The van der Waals surface area contributed by atoms with E-state index in [2.05, 4.69) is 17.9 Å². The van der Waals surface area contributed by atoms with Crippen LogP contribution in [0.1, 0.15) is 5.56 Å². The zero-order chi connectivity index (χ0) is 13.0. The fourth-order valence-electron chi connectivity index (χ4n) is 1.66. The standard InChI is InChI=1S/C14H14BNOS/c1-16-9-10-8-13(18)6-7-14(10)17-12-4-2-11(15)3-5-12/h2-8,16,18H,9H2,1H3. The molecule has 0 aliphatic carbocycles. The zero-order valence-electron chi connectivity index (χ0n) is 10.2. The lowest BCUT2D eigenvalue weighted by atomic mass is 9.97. The van der Waals surface area contributed by atoms with Crippen molar-refractivity contribution in [2.24, 2.45) is 0 Å². The summed E-state index contributed by atoms with van der Waals surface area (Å²) in [6.07, 6.45) is 0. The fourth-order valence-corrected chi connectivity index (χ4v) is 1.89. The van der Waals surface area contributed by atoms with Gasteiger partial charge < -0.3 is 10.1 Å². The molecule has 2 aromatic rings. The summed E-state index contributed by atoms with van der Waals surface area (Å²) in [4.78, 5) is 0.921. The first-order valence-electron chi connectivity index (χ1n) is 5.69. The Morgan fingerprint density at radius 2 is 1.89 bits per heavy atom. The number of benzene rings is 2. The molecular formula is C14H14BNOS. The second-order valence-corrected chi connectivity index (χ2v) is 4.51. The summed E-state index contributed by atoms with van der Waals surface area (Å²) in [5.74, 6) is 1.60. The van der Waals surface area contributed by atoms with Gasteiger partial charge in [0.15, 0.2) is 0 Å². The third kappa shape index (κ3) is 3.31. The van der Waals surface area contributed by atoms with Gasteiger partial charge in [-0.2, -0.15) is 0 Å². The Morgan fingerprint density at radius 1 is 1.17 bits per heavy atom. The molecule has 2 rings (SSSR count). The van der Waals surface area contributed by atoms with Crippen LogP contribution in [0.15, 0.2) is 47.4 Å². The van der Waals surface area contributed by atoms with Crippen LogP contribution in [0, 0.1) is 0 Å². The number of ether oxygens (including phenoxy) is 1. The predicted octanol–water partition coefficient (Wildman–Crippen LogP) is 2.28. The Hall–Kier alpha value is -1.39. The Labute approximate surface area is 114 Å². The minimum Gasteiger partial charge on any atom is -0.457 e. The monoisotopic (exact) mass is 255 g/mol. The maximum absolute atomic E-state index is 5.84. The van der Waals surface area contributed by atoms with E-state index in [1.54, 1.807) is 0 Å². The van der Waals surface area contributed by atoms with Crippen LogP contribution in [0.2, 0.25) is 0 Å². The Bertz CT molecular complexity index is 528. The van der Waals surface area contributed by atoms with Gasteiger partial charge >= 0.3 is 0 Å². The average molecular weight is 255 g/mol. The molecule has 0 aliphatic rings. The lowest BCUT2D eigenvalue weighted by molar-refractivity contribution is 0.474. The van der Waals surface area contributed by atoms with Crippen molar-refractivity contribution in [3.8, 4) is 11.5 Å². The van der Waals surface area contributed by atoms with Crippen LogP contribution in [-0.2, 0) is 6.54 Å². The molecule has 4 heteroatoms. The Kier molecular flexibility index (Phi) is 4.34. The predicted molar refractivity (Wildman–Crippen MR) is 78.4 cm³/mol. The number of nitrogens with one attached hydrogen (secondary N) is 1. The molecule has 2 nitrogen and oxygen atoms in total. The molecule has 1 N–H and O–H groups in total. The van der Waals surface area contributed by atoms with Gasteiger partial charge in [-0.1, -0.05) is 17.6 Å². The molecule has 0 saturated heterocycles. The quantitative estimate of drug-likeness (QED) is 0.646. The SMILES string of the molecule is [B]c1ccc(Oc2ccc(S)cc2CNC)cc1. The second kappa shape index (κ2) is 5.98. The maximum Gasteiger partial charge on any atom is 0.131 e. The lowest BCUT2D eigenvalue weighted by Crippen LogP contribution is -2.06. The minimum atomic E-state index is 0.725. The van der Waals surface area contributed by atoms with Gasteiger partial charge in [-0.3, -0.25) is 0 Å². The highest BCUT2D eigenvalue weighted by Gasteiger charge is 2.05. The van der Waals surface area contributed by atoms with E-state index in [-0.39, 0.29) is 0 Å². The molecule has 18 heavy (non-hydrogen) atoms. The van der Waals surface area contributed by atoms with Crippen molar-refractivity contribution in [1.82, 2.24) is 5.32 Å². The molecule has 0 aromatic heterocycles. The summed E-state index contributed by atoms with van der Waals surface area (Å²) in [6, 6.07) is 13.2. The van der Waals surface area contributed by atoms with E-state index in [9.17, 15) is 0 Å².